The fourth-order valence-corrected chi connectivity index (χ4v) is 2.69. The molecule has 1 heterocycles. The van der Waals surface area contributed by atoms with E-state index in [1.165, 1.54) is 0 Å². The predicted molar refractivity (Wildman–Crippen MR) is 80.2 cm³/mol. The molecule has 1 fully saturated rings. The molecular weight excluding hydrogens is 272 g/mol. The minimum absolute atomic E-state index is 0.0197. The summed E-state index contributed by atoms with van der Waals surface area (Å²) in [6, 6.07) is -0.256. The van der Waals surface area contributed by atoms with Gasteiger partial charge in [-0.2, -0.15) is 0 Å². The lowest BCUT2D eigenvalue weighted by atomic mass is 9.94. The summed E-state index contributed by atoms with van der Waals surface area (Å²) in [6.45, 7) is 9.03. The second-order valence-electron chi connectivity index (χ2n) is 6.61. The predicted octanol–water partition coefficient (Wildman–Crippen LogP) is 1.99. The van der Waals surface area contributed by atoms with Gasteiger partial charge in [-0.3, -0.25) is 4.79 Å². The van der Waals surface area contributed by atoms with Crippen LogP contribution in [0.15, 0.2) is 0 Å². The molecule has 0 aromatic heterocycles. The molecule has 3 atom stereocenters. The number of urea groups is 1. The minimum Gasteiger partial charge on any atom is -0.481 e. The molecule has 0 radical (unpaired) electrons. The molecule has 0 aliphatic carbocycles. The zero-order valence-corrected chi connectivity index (χ0v) is 13.4. The molecule has 0 aromatic carbocycles. The van der Waals surface area contributed by atoms with Crippen LogP contribution < -0.4 is 10.6 Å². The maximum absolute atomic E-state index is 12.0. The van der Waals surface area contributed by atoms with Crippen molar-refractivity contribution in [2.45, 2.75) is 58.6 Å². The van der Waals surface area contributed by atoms with Crippen LogP contribution in [0.1, 0.15) is 47.0 Å². The first-order valence-corrected chi connectivity index (χ1v) is 7.62. The van der Waals surface area contributed by atoms with Crippen molar-refractivity contribution in [2.24, 2.45) is 11.8 Å². The highest BCUT2D eigenvalue weighted by Crippen LogP contribution is 2.24. The second kappa shape index (κ2) is 7.64. The molecule has 1 aliphatic heterocycles. The number of amides is 2. The number of rotatable bonds is 7. The second-order valence-corrected chi connectivity index (χ2v) is 6.61. The van der Waals surface area contributed by atoms with Crippen molar-refractivity contribution in [1.29, 1.82) is 0 Å². The third-order valence-corrected chi connectivity index (χ3v) is 4.10. The van der Waals surface area contributed by atoms with E-state index >= 15 is 0 Å². The Kier molecular flexibility index (Phi) is 6.45. The van der Waals surface area contributed by atoms with Crippen molar-refractivity contribution in [1.82, 2.24) is 10.6 Å². The van der Waals surface area contributed by atoms with Crippen LogP contribution >= 0.6 is 0 Å². The van der Waals surface area contributed by atoms with Crippen LogP contribution in [0.2, 0.25) is 0 Å². The van der Waals surface area contributed by atoms with Crippen molar-refractivity contribution in [2.75, 3.05) is 13.2 Å². The Balaban J connectivity index is 2.43. The van der Waals surface area contributed by atoms with Gasteiger partial charge in [-0.05, 0) is 38.5 Å². The van der Waals surface area contributed by atoms with Crippen LogP contribution in [0.3, 0.4) is 0 Å². The first-order valence-electron chi connectivity index (χ1n) is 7.62. The minimum atomic E-state index is -0.826. The third kappa shape index (κ3) is 5.91. The van der Waals surface area contributed by atoms with Gasteiger partial charge in [-0.15, -0.1) is 0 Å². The number of ether oxygens (including phenoxy) is 1. The summed E-state index contributed by atoms with van der Waals surface area (Å²) < 4.78 is 5.48. The largest absolute Gasteiger partial charge is 0.481 e. The standard InChI is InChI=1S/C15H28N2O4/c1-10(2)7-12(8-13(18)19)9-16-14(20)17-15(4)5-6-21-11(15)3/h10-12H,5-9H2,1-4H3,(H,18,19)(H2,16,17,20)/t11?,12-,15?/m0/s1. The highest BCUT2D eigenvalue weighted by Gasteiger charge is 2.38. The monoisotopic (exact) mass is 300 g/mol. The molecular formula is C15H28N2O4. The van der Waals surface area contributed by atoms with Gasteiger partial charge in [0.1, 0.15) is 0 Å². The van der Waals surface area contributed by atoms with E-state index in [4.69, 9.17) is 9.84 Å². The Bertz CT molecular complexity index is 373. The van der Waals surface area contributed by atoms with Crippen LogP contribution in [0.5, 0.6) is 0 Å². The van der Waals surface area contributed by atoms with Gasteiger partial charge in [-0.25, -0.2) is 4.79 Å². The Labute approximate surface area is 126 Å². The topological polar surface area (TPSA) is 87.7 Å². The molecule has 1 aliphatic rings. The fraction of sp³-hybridized carbons (Fsp3) is 0.867. The maximum atomic E-state index is 12.0. The van der Waals surface area contributed by atoms with Crippen molar-refractivity contribution < 1.29 is 19.4 Å². The average molecular weight is 300 g/mol. The fourth-order valence-electron chi connectivity index (χ4n) is 2.69. The Morgan fingerprint density at radius 2 is 2.10 bits per heavy atom. The quantitative estimate of drug-likeness (QED) is 0.671. The van der Waals surface area contributed by atoms with Crippen molar-refractivity contribution in [3.05, 3.63) is 0 Å². The lowest BCUT2D eigenvalue weighted by Gasteiger charge is -2.29. The van der Waals surface area contributed by atoms with Crippen LogP contribution in [0.25, 0.3) is 0 Å². The number of carbonyl (C=O) groups is 2. The van der Waals surface area contributed by atoms with E-state index in [-0.39, 0.29) is 30.0 Å². The normalized spacial score (nSPS) is 26.6. The van der Waals surface area contributed by atoms with Crippen LogP contribution in [-0.2, 0) is 9.53 Å². The molecule has 122 valence electrons. The van der Waals surface area contributed by atoms with Crippen molar-refractivity contribution in [3.8, 4) is 0 Å². The van der Waals surface area contributed by atoms with Gasteiger partial charge in [0, 0.05) is 19.6 Å². The number of hydrogen-bond acceptors (Lipinski definition) is 3. The van der Waals surface area contributed by atoms with E-state index < -0.39 is 5.97 Å². The van der Waals surface area contributed by atoms with Gasteiger partial charge in [0.15, 0.2) is 0 Å². The number of nitrogens with one attached hydrogen (secondary N) is 2. The number of aliphatic carboxylic acids is 1. The van der Waals surface area contributed by atoms with Crippen molar-refractivity contribution >= 4 is 12.0 Å². The summed E-state index contributed by atoms with van der Waals surface area (Å²) in [5.41, 5.74) is -0.357. The Morgan fingerprint density at radius 1 is 1.43 bits per heavy atom. The zero-order chi connectivity index (χ0) is 16.0. The zero-order valence-electron chi connectivity index (χ0n) is 13.4. The van der Waals surface area contributed by atoms with E-state index in [0.717, 1.165) is 12.8 Å². The summed E-state index contributed by atoms with van der Waals surface area (Å²) in [4.78, 5) is 22.9. The van der Waals surface area contributed by atoms with E-state index in [2.05, 4.69) is 10.6 Å². The van der Waals surface area contributed by atoms with Gasteiger partial charge < -0.3 is 20.5 Å². The SMILES string of the molecule is CC(C)C[C@H](CNC(=O)NC1(C)CCOC1C)CC(=O)O. The summed E-state index contributed by atoms with van der Waals surface area (Å²) in [5, 5.41) is 14.7. The average Bonchev–Trinajstić information content (AvgIpc) is 2.65. The molecule has 0 bridgehead atoms. The van der Waals surface area contributed by atoms with Gasteiger partial charge >= 0.3 is 12.0 Å². The van der Waals surface area contributed by atoms with Gasteiger partial charge in [0.2, 0.25) is 0 Å². The molecule has 0 aromatic rings. The smallest absolute Gasteiger partial charge is 0.315 e. The van der Waals surface area contributed by atoms with E-state index in [1.807, 2.05) is 27.7 Å². The van der Waals surface area contributed by atoms with E-state index in [1.54, 1.807) is 0 Å². The molecule has 0 saturated carbocycles. The highest BCUT2D eigenvalue weighted by atomic mass is 16.5. The van der Waals surface area contributed by atoms with Crippen LogP contribution in [0, 0.1) is 11.8 Å². The molecule has 6 heteroatoms. The lowest BCUT2D eigenvalue weighted by molar-refractivity contribution is -0.138. The van der Waals surface area contributed by atoms with Gasteiger partial charge in [0.05, 0.1) is 11.6 Å². The summed E-state index contributed by atoms with van der Waals surface area (Å²) in [5.74, 6) is -0.467. The maximum Gasteiger partial charge on any atom is 0.315 e. The lowest BCUT2D eigenvalue weighted by Crippen LogP contribution is -2.54. The molecule has 2 unspecified atom stereocenters. The summed E-state index contributed by atoms with van der Waals surface area (Å²) in [6.07, 6.45) is 1.62. The Hall–Kier alpha value is -1.30. The van der Waals surface area contributed by atoms with Gasteiger partial charge in [0.25, 0.3) is 0 Å². The number of carboxylic acid groups (broad SMARTS) is 1. The summed E-state index contributed by atoms with van der Waals surface area (Å²) in [7, 11) is 0. The molecule has 1 rings (SSSR count). The molecule has 3 N–H and O–H groups in total. The molecule has 1 saturated heterocycles. The number of carboxylic acids is 1. The molecule has 6 nitrogen and oxygen atoms in total. The molecule has 21 heavy (non-hydrogen) atoms. The Morgan fingerprint density at radius 3 is 2.57 bits per heavy atom. The van der Waals surface area contributed by atoms with Crippen LogP contribution in [-0.4, -0.2) is 41.9 Å². The number of carbonyl (C=O) groups excluding carboxylic acids is 1. The molecule has 2 amide bonds. The van der Waals surface area contributed by atoms with Crippen LogP contribution in [0.4, 0.5) is 4.79 Å². The molecule has 0 spiro atoms. The third-order valence-electron chi connectivity index (χ3n) is 4.10. The first-order chi connectivity index (χ1) is 9.73. The van der Waals surface area contributed by atoms with E-state index in [0.29, 0.717) is 19.1 Å². The van der Waals surface area contributed by atoms with Gasteiger partial charge in [-0.1, -0.05) is 13.8 Å². The number of hydrogen-bond donors (Lipinski definition) is 3. The highest BCUT2D eigenvalue weighted by molar-refractivity contribution is 5.75. The first kappa shape index (κ1) is 17.8. The van der Waals surface area contributed by atoms with Crippen molar-refractivity contribution in [3.63, 3.8) is 0 Å². The van der Waals surface area contributed by atoms with E-state index in [9.17, 15) is 9.59 Å². The summed E-state index contributed by atoms with van der Waals surface area (Å²) >= 11 is 0.